The van der Waals surface area contributed by atoms with Crippen molar-refractivity contribution in [3.05, 3.63) is 72.5 Å². The third-order valence-electron chi connectivity index (χ3n) is 6.83. The molecule has 0 bridgehead atoms. The smallest absolute Gasteiger partial charge is 0.356 e. The molecule has 13 nitrogen and oxygen atoms in total. The van der Waals surface area contributed by atoms with E-state index in [1.54, 1.807) is 13.8 Å². The van der Waals surface area contributed by atoms with Gasteiger partial charge in [0.15, 0.2) is 5.76 Å². The van der Waals surface area contributed by atoms with Crippen molar-refractivity contribution in [2.45, 2.75) is 65.8 Å². The Kier molecular flexibility index (Phi) is 16.4. The molecule has 0 fully saturated rings. The van der Waals surface area contributed by atoms with Gasteiger partial charge >= 0.3 is 13.6 Å². The molecule has 4 N–H and O–H groups in total. The summed E-state index contributed by atoms with van der Waals surface area (Å²) in [6.07, 6.45) is 3.68. The van der Waals surface area contributed by atoms with E-state index >= 15 is 0 Å². The highest BCUT2D eigenvalue weighted by molar-refractivity contribution is 7.60. The van der Waals surface area contributed by atoms with E-state index < -0.39 is 37.3 Å². The first kappa shape index (κ1) is 38.7. The van der Waals surface area contributed by atoms with Crippen molar-refractivity contribution >= 4 is 37.1 Å². The zero-order valence-corrected chi connectivity index (χ0v) is 28.0. The normalized spacial score (nSPS) is 12.0. The van der Waals surface area contributed by atoms with Crippen molar-refractivity contribution in [1.82, 2.24) is 15.7 Å². The minimum atomic E-state index is -4.58. The van der Waals surface area contributed by atoms with Crippen LogP contribution >= 0.6 is 7.60 Å². The number of rotatable bonds is 17. The van der Waals surface area contributed by atoms with Crippen molar-refractivity contribution in [1.29, 1.82) is 0 Å². The number of benzene rings is 2. The van der Waals surface area contributed by atoms with E-state index in [0.717, 1.165) is 24.8 Å². The molecule has 3 amide bonds. The van der Waals surface area contributed by atoms with Crippen molar-refractivity contribution in [2.75, 3.05) is 13.3 Å². The number of unbranched alkanes of at least 4 members (excludes halogenated alkanes) is 2. The zero-order valence-electron chi connectivity index (χ0n) is 27.1. The summed E-state index contributed by atoms with van der Waals surface area (Å²) in [5, 5.41) is 5.78. The second kappa shape index (κ2) is 19.9. The molecule has 2 aromatic carbocycles. The maximum absolute atomic E-state index is 13.1. The number of carbonyl (C=O) groups excluding carboxylic acids is 4. The number of furan rings is 1. The third-order valence-corrected chi connectivity index (χ3v) is 7.76. The van der Waals surface area contributed by atoms with E-state index in [-0.39, 0.29) is 35.9 Å². The lowest BCUT2D eigenvalue weighted by atomic mass is 9.90. The van der Waals surface area contributed by atoms with Crippen molar-refractivity contribution in [2.24, 2.45) is 5.92 Å². The molecule has 0 aliphatic rings. The molecule has 0 saturated heterocycles. The molecule has 1 aromatic heterocycles. The highest BCUT2D eigenvalue weighted by Crippen LogP contribution is 2.37. The number of ether oxygens (including phenoxy) is 1. The van der Waals surface area contributed by atoms with Crippen molar-refractivity contribution in [3.8, 4) is 17.1 Å². The minimum Gasteiger partial charge on any atom is -0.494 e. The maximum atomic E-state index is 13.1. The summed E-state index contributed by atoms with van der Waals surface area (Å²) >= 11 is 0. The average Bonchev–Trinajstić information content (AvgIpc) is 3.55. The van der Waals surface area contributed by atoms with Gasteiger partial charge in [0, 0.05) is 12.5 Å². The second-order valence-corrected chi connectivity index (χ2v) is 12.0. The number of nitrogens with one attached hydrogen (secondary N) is 2. The predicted molar refractivity (Wildman–Crippen MR) is 175 cm³/mol. The van der Waals surface area contributed by atoms with Crippen LogP contribution in [-0.2, 0) is 23.8 Å². The van der Waals surface area contributed by atoms with Crippen molar-refractivity contribution in [3.63, 3.8) is 0 Å². The molecule has 3 rings (SSSR count). The van der Waals surface area contributed by atoms with Gasteiger partial charge in [0.1, 0.15) is 11.5 Å². The lowest BCUT2D eigenvalue weighted by molar-refractivity contribution is -0.202. The Morgan fingerprint density at radius 1 is 0.979 bits per heavy atom. The van der Waals surface area contributed by atoms with Crippen LogP contribution in [0.25, 0.3) is 11.3 Å². The van der Waals surface area contributed by atoms with Crippen LogP contribution in [0.15, 0.2) is 71.1 Å². The van der Waals surface area contributed by atoms with Crippen LogP contribution in [-0.4, -0.2) is 58.4 Å². The van der Waals surface area contributed by atoms with E-state index in [1.807, 2.05) is 43.3 Å². The largest absolute Gasteiger partial charge is 0.494 e. The molecule has 0 spiro atoms. The first-order valence-electron chi connectivity index (χ1n) is 15.4. The predicted octanol–water partition coefficient (Wildman–Crippen LogP) is 4.55. The average molecular weight is 674 g/mol. The summed E-state index contributed by atoms with van der Waals surface area (Å²) in [5.74, 6) is -2.13. The van der Waals surface area contributed by atoms with Gasteiger partial charge in [-0.2, -0.15) is 5.06 Å². The summed E-state index contributed by atoms with van der Waals surface area (Å²) in [4.78, 5) is 73.0. The summed E-state index contributed by atoms with van der Waals surface area (Å²) < 4.78 is 22.8. The standard InChI is InChI=1S/C27H38N3O10P.C6H6/c1-5-8-9-10-22(23(6-2)30(17-31)40-18(4)32)26(33)28-16-29-27(34)25-12-11-24(39-25)19-13-20(38-7-3)15-21(14-19)41(35,36)37;1-2-4-6-5-3-1/h11-15,17,22-23H,5-10,16H2,1-4H3,(H,28,33)(H,29,34)(H2,35,36,37);1-6H/t22?,23-;/m1./s1. The summed E-state index contributed by atoms with van der Waals surface area (Å²) in [7, 11) is -4.58. The number of nitrogens with zero attached hydrogens (tertiary/aromatic N) is 1. The van der Waals surface area contributed by atoms with E-state index in [1.165, 1.54) is 30.3 Å². The van der Waals surface area contributed by atoms with E-state index in [9.17, 15) is 33.5 Å². The second-order valence-electron chi connectivity index (χ2n) is 10.4. The lowest BCUT2D eigenvalue weighted by Crippen LogP contribution is -2.48. The molecule has 1 heterocycles. The van der Waals surface area contributed by atoms with Crippen LogP contribution in [0, 0.1) is 5.92 Å². The third kappa shape index (κ3) is 13.1. The van der Waals surface area contributed by atoms with Crippen LogP contribution in [0.4, 0.5) is 0 Å². The Bertz CT molecular complexity index is 1450. The minimum absolute atomic E-state index is 0.0956. The highest BCUT2D eigenvalue weighted by atomic mass is 31.2. The summed E-state index contributed by atoms with van der Waals surface area (Å²) in [6.45, 7) is 6.71. The Balaban J connectivity index is 0.00000114. The Morgan fingerprint density at radius 3 is 2.17 bits per heavy atom. The quantitative estimate of drug-likeness (QED) is 0.0521. The Labute approximate surface area is 274 Å². The van der Waals surface area contributed by atoms with Gasteiger partial charge in [0.05, 0.1) is 30.5 Å². The molecule has 256 valence electrons. The van der Waals surface area contributed by atoms with Gasteiger partial charge in [0.25, 0.3) is 5.91 Å². The highest BCUT2D eigenvalue weighted by Gasteiger charge is 2.33. The Hall–Kier alpha value is -4.45. The molecule has 14 heteroatoms. The van der Waals surface area contributed by atoms with Crippen LogP contribution < -0.4 is 20.7 Å². The van der Waals surface area contributed by atoms with Gasteiger partial charge in [-0.1, -0.05) is 69.5 Å². The molecule has 1 unspecified atom stereocenters. The molecule has 2 atom stereocenters. The molecule has 0 aliphatic carbocycles. The SMILES string of the molecule is CCCCCC(C(=O)NCNC(=O)c1ccc(-c2cc(OCC)cc(P(=O)(O)O)c2)o1)[C@@H](CC)N(C=O)OC(C)=O.c1ccccc1. The number of hydrogen-bond donors (Lipinski definition) is 4. The molecule has 0 saturated carbocycles. The van der Waals surface area contributed by atoms with Crippen molar-refractivity contribution < 1.29 is 47.5 Å². The monoisotopic (exact) mass is 673 g/mol. The van der Waals surface area contributed by atoms with Crippen LogP contribution in [0.3, 0.4) is 0 Å². The van der Waals surface area contributed by atoms with Crippen LogP contribution in [0.2, 0.25) is 0 Å². The number of carbonyl (C=O) groups is 4. The van der Waals surface area contributed by atoms with E-state index in [0.29, 0.717) is 31.2 Å². The van der Waals surface area contributed by atoms with Crippen LogP contribution in [0.1, 0.15) is 70.4 Å². The topological polar surface area (TPSA) is 185 Å². The number of hydroxylamine groups is 2. The van der Waals surface area contributed by atoms with E-state index in [4.69, 9.17) is 14.0 Å². The first-order chi connectivity index (χ1) is 22.4. The van der Waals surface area contributed by atoms with Gasteiger partial charge in [-0.15, -0.1) is 0 Å². The molecular formula is C33H44N3O10P. The van der Waals surface area contributed by atoms with Gasteiger partial charge in [-0.05, 0) is 50.1 Å². The maximum Gasteiger partial charge on any atom is 0.356 e. The fourth-order valence-electron chi connectivity index (χ4n) is 4.64. The first-order valence-corrected chi connectivity index (χ1v) is 17.0. The number of amides is 3. The molecule has 47 heavy (non-hydrogen) atoms. The van der Waals surface area contributed by atoms with Gasteiger partial charge in [-0.3, -0.25) is 23.7 Å². The fourth-order valence-corrected chi connectivity index (χ4v) is 5.25. The molecule has 0 radical (unpaired) electrons. The van der Waals surface area contributed by atoms with Crippen LogP contribution in [0.5, 0.6) is 5.75 Å². The number of hydrogen-bond acceptors (Lipinski definition) is 8. The summed E-state index contributed by atoms with van der Waals surface area (Å²) in [6, 6.07) is 18.2. The van der Waals surface area contributed by atoms with Gasteiger partial charge < -0.3 is 34.4 Å². The zero-order chi connectivity index (χ0) is 34.8. The van der Waals surface area contributed by atoms with Gasteiger partial charge in [-0.25, -0.2) is 0 Å². The molecule has 3 aromatic rings. The Morgan fingerprint density at radius 2 is 1.64 bits per heavy atom. The van der Waals surface area contributed by atoms with E-state index in [2.05, 4.69) is 10.6 Å². The van der Waals surface area contributed by atoms with Gasteiger partial charge in [0.2, 0.25) is 12.3 Å². The fraction of sp³-hybridized carbons (Fsp3) is 0.394. The summed E-state index contributed by atoms with van der Waals surface area (Å²) in [5.41, 5.74) is 0.301. The lowest BCUT2D eigenvalue weighted by Gasteiger charge is -2.31. The molecule has 0 aliphatic heterocycles. The molecular weight excluding hydrogens is 629 g/mol.